The minimum absolute atomic E-state index is 0.0434. The Bertz CT molecular complexity index is 620. The molecule has 1 amide bonds. The van der Waals surface area contributed by atoms with Crippen molar-refractivity contribution in [3.63, 3.8) is 0 Å². The van der Waals surface area contributed by atoms with Crippen LogP contribution in [0.3, 0.4) is 0 Å². The van der Waals surface area contributed by atoms with Gasteiger partial charge in [0.2, 0.25) is 5.91 Å². The van der Waals surface area contributed by atoms with Gasteiger partial charge in [0.1, 0.15) is 0 Å². The van der Waals surface area contributed by atoms with E-state index in [1.165, 1.54) is 0 Å². The van der Waals surface area contributed by atoms with Gasteiger partial charge in [0.05, 0.1) is 0 Å². The molecule has 0 aliphatic carbocycles. The molecule has 1 unspecified atom stereocenters. The summed E-state index contributed by atoms with van der Waals surface area (Å²) in [4.78, 5) is 16.8. The van der Waals surface area contributed by atoms with Gasteiger partial charge in [0, 0.05) is 36.3 Å². The zero-order valence-electron chi connectivity index (χ0n) is 9.31. The number of H-pyrrole nitrogens is 1. The largest absolute Gasteiger partial charge is 0.361 e. The van der Waals surface area contributed by atoms with Crippen LogP contribution in [0.4, 0.5) is 5.69 Å². The number of carbonyl (C=O) groups is 1. The van der Waals surface area contributed by atoms with Crippen LogP contribution in [0.2, 0.25) is 0 Å². The maximum atomic E-state index is 11.8. The number of benzene rings is 1. The summed E-state index contributed by atoms with van der Waals surface area (Å²) in [6, 6.07) is 7.98. The van der Waals surface area contributed by atoms with E-state index < -0.39 is 0 Å². The van der Waals surface area contributed by atoms with Crippen molar-refractivity contribution in [1.82, 2.24) is 4.98 Å². The van der Waals surface area contributed by atoms with Crippen LogP contribution in [-0.2, 0) is 4.79 Å². The van der Waals surface area contributed by atoms with Crippen LogP contribution in [0.1, 0.15) is 6.42 Å². The lowest BCUT2D eigenvalue weighted by atomic mass is 10.1. The van der Waals surface area contributed by atoms with Crippen molar-refractivity contribution in [2.24, 2.45) is 5.92 Å². The molecule has 0 spiro atoms. The molecule has 0 bridgehead atoms. The van der Waals surface area contributed by atoms with Crippen LogP contribution < -0.4 is 4.90 Å². The highest BCUT2D eigenvalue weighted by Crippen LogP contribution is 2.27. The van der Waals surface area contributed by atoms with E-state index in [0.29, 0.717) is 13.0 Å². The number of anilines is 1. The fraction of sp³-hybridized carbons (Fsp3) is 0.214. The summed E-state index contributed by atoms with van der Waals surface area (Å²) in [5, 5.41) is 1.15. The predicted octanol–water partition coefficient (Wildman–Crippen LogP) is 2.15. The zero-order valence-corrected chi connectivity index (χ0v) is 9.31. The second-order valence-corrected chi connectivity index (χ2v) is 4.32. The Morgan fingerprint density at radius 1 is 1.41 bits per heavy atom. The smallest absolute Gasteiger partial charge is 0.228 e. The number of amides is 1. The Kier molecular flexibility index (Phi) is 2.15. The second-order valence-electron chi connectivity index (χ2n) is 4.32. The van der Waals surface area contributed by atoms with Crippen LogP contribution in [-0.4, -0.2) is 17.4 Å². The minimum Gasteiger partial charge on any atom is -0.361 e. The highest BCUT2D eigenvalue weighted by molar-refractivity contribution is 5.98. The van der Waals surface area contributed by atoms with Crippen LogP contribution in [0.15, 0.2) is 30.5 Å². The first-order valence-corrected chi connectivity index (χ1v) is 5.61. The first-order valence-electron chi connectivity index (χ1n) is 5.61. The number of hydrogen-bond acceptors (Lipinski definition) is 1. The van der Waals surface area contributed by atoms with Crippen molar-refractivity contribution < 1.29 is 4.79 Å². The van der Waals surface area contributed by atoms with Crippen LogP contribution in [0.25, 0.3) is 10.9 Å². The average molecular weight is 224 g/mol. The summed E-state index contributed by atoms with van der Waals surface area (Å²) in [7, 11) is 0. The molecule has 3 heteroatoms. The normalized spacial score (nSPS) is 19.8. The third-order valence-electron chi connectivity index (χ3n) is 3.21. The van der Waals surface area contributed by atoms with Gasteiger partial charge in [-0.05, 0) is 23.6 Å². The number of terminal acetylenes is 1. The molecular formula is C14H12N2O. The minimum atomic E-state index is 0.0434. The monoisotopic (exact) mass is 224 g/mol. The Morgan fingerprint density at radius 2 is 2.29 bits per heavy atom. The summed E-state index contributed by atoms with van der Waals surface area (Å²) in [6.07, 6.45) is 7.73. The molecule has 1 aromatic heterocycles. The Balaban J connectivity index is 1.98. The van der Waals surface area contributed by atoms with Gasteiger partial charge in [-0.2, -0.15) is 0 Å². The molecule has 1 aliphatic rings. The molecular weight excluding hydrogens is 212 g/mol. The number of carbonyl (C=O) groups excluding carboxylic acids is 1. The van der Waals surface area contributed by atoms with E-state index in [9.17, 15) is 4.79 Å². The highest BCUT2D eigenvalue weighted by Gasteiger charge is 2.29. The van der Waals surface area contributed by atoms with Crippen molar-refractivity contribution in [3.05, 3.63) is 30.5 Å². The molecule has 1 aromatic carbocycles. The molecule has 3 nitrogen and oxygen atoms in total. The molecule has 84 valence electrons. The van der Waals surface area contributed by atoms with Crippen LogP contribution in [0.5, 0.6) is 0 Å². The van der Waals surface area contributed by atoms with E-state index >= 15 is 0 Å². The summed E-state index contributed by atoms with van der Waals surface area (Å²) in [5.74, 6) is 2.81. The fourth-order valence-corrected chi connectivity index (χ4v) is 2.27. The maximum Gasteiger partial charge on any atom is 0.228 e. The molecule has 3 rings (SSSR count). The van der Waals surface area contributed by atoms with E-state index in [1.807, 2.05) is 30.5 Å². The Morgan fingerprint density at radius 3 is 3.06 bits per heavy atom. The van der Waals surface area contributed by atoms with Crippen LogP contribution in [0, 0.1) is 18.3 Å². The third kappa shape index (κ3) is 1.58. The lowest BCUT2D eigenvalue weighted by Crippen LogP contribution is -2.24. The molecule has 2 heterocycles. The van der Waals surface area contributed by atoms with Gasteiger partial charge in [-0.1, -0.05) is 6.07 Å². The molecule has 1 atom stereocenters. The number of nitrogens with zero attached hydrogens (tertiary/aromatic N) is 1. The van der Waals surface area contributed by atoms with E-state index in [2.05, 4.69) is 10.9 Å². The van der Waals surface area contributed by atoms with Crippen LogP contribution >= 0.6 is 0 Å². The molecule has 1 N–H and O–H groups in total. The quantitative estimate of drug-likeness (QED) is 0.740. The summed E-state index contributed by atoms with van der Waals surface area (Å²) in [6.45, 7) is 0.627. The van der Waals surface area contributed by atoms with Gasteiger partial charge in [-0.3, -0.25) is 4.79 Å². The highest BCUT2D eigenvalue weighted by atomic mass is 16.2. The average Bonchev–Trinajstić information content (AvgIpc) is 2.93. The lowest BCUT2D eigenvalue weighted by molar-refractivity contribution is -0.117. The van der Waals surface area contributed by atoms with Crippen molar-refractivity contribution in [2.45, 2.75) is 6.42 Å². The van der Waals surface area contributed by atoms with Crippen molar-refractivity contribution in [1.29, 1.82) is 0 Å². The first kappa shape index (κ1) is 9.98. The fourth-order valence-electron chi connectivity index (χ4n) is 2.27. The second kappa shape index (κ2) is 3.67. The number of aromatic amines is 1. The number of hydrogen-bond donors (Lipinski definition) is 1. The Labute approximate surface area is 99.4 Å². The van der Waals surface area contributed by atoms with E-state index in [0.717, 1.165) is 16.6 Å². The van der Waals surface area contributed by atoms with Crippen molar-refractivity contribution >= 4 is 22.5 Å². The SMILES string of the molecule is C#CC1CC(=O)N(c2ccc3cc[nH]c3c2)C1. The number of nitrogens with one attached hydrogen (secondary N) is 1. The standard InChI is InChI=1S/C14H12N2O/c1-2-10-7-14(17)16(9-10)12-4-3-11-5-6-15-13(11)8-12/h1,3-6,8,10,15H,7,9H2. The van der Waals surface area contributed by atoms with Gasteiger partial charge in [0.15, 0.2) is 0 Å². The van der Waals surface area contributed by atoms with Gasteiger partial charge in [-0.25, -0.2) is 0 Å². The summed E-state index contributed by atoms with van der Waals surface area (Å²) in [5.41, 5.74) is 1.96. The molecule has 1 aliphatic heterocycles. The van der Waals surface area contributed by atoms with E-state index in [4.69, 9.17) is 6.42 Å². The first-order chi connectivity index (χ1) is 8.28. The maximum absolute atomic E-state index is 11.8. The molecule has 0 saturated carbocycles. The lowest BCUT2D eigenvalue weighted by Gasteiger charge is -2.15. The topological polar surface area (TPSA) is 36.1 Å². The van der Waals surface area contributed by atoms with Gasteiger partial charge in [0.25, 0.3) is 0 Å². The molecule has 17 heavy (non-hydrogen) atoms. The zero-order chi connectivity index (χ0) is 11.8. The number of aromatic nitrogens is 1. The van der Waals surface area contributed by atoms with Crippen molar-refractivity contribution in [3.8, 4) is 12.3 Å². The Hall–Kier alpha value is -2.21. The summed E-state index contributed by atoms with van der Waals surface area (Å²) < 4.78 is 0. The van der Waals surface area contributed by atoms with Crippen molar-refractivity contribution in [2.75, 3.05) is 11.4 Å². The van der Waals surface area contributed by atoms with E-state index in [-0.39, 0.29) is 11.8 Å². The van der Waals surface area contributed by atoms with Gasteiger partial charge in [-0.15, -0.1) is 12.3 Å². The molecule has 1 saturated heterocycles. The third-order valence-corrected chi connectivity index (χ3v) is 3.21. The van der Waals surface area contributed by atoms with E-state index in [1.54, 1.807) is 4.90 Å². The van der Waals surface area contributed by atoms with Gasteiger partial charge < -0.3 is 9.88 Å². The van der Waals surface area contributed by atoms with Gasteiger partial charge >= 0.3 is 0 Å². The molecule has 1 fully saturated rings. The molecule has 0 radical (unpaired) electrons. The predicted molar refractivity (Wildman–Crippen MR) is 67.6 cm³/mol. The molecule has 2 aromatic rings. The summed E-state index contributed by atoms with van der Waals surface area (Å²) >= 11 is 0. The number of fused-ring (bicyclic) bond motifs is 1. The number of rotatable bonds is 1.